The summed E-state index contributed by atoms with van der Waals surface area (Å²) in [6, 6.07) is 2.99. The second-order valence-corrected chi connectivity index (χ2v) is 6.78. The monoisotopic (exact) mass is 333 g/mol. The Labute approximate surface area is 105 Å². The standard InChI is InChI=1S/C8H10BrF2NO2S2/c9-3-4-12(6-7(10)11)16(13,14)8-2-1-5-15-8/h1-2,5,7H,3-4,6H2. The molecule has 8 heteroatoms. The van der Waals surface area contributed by atoms with E-state index in [0.717, 1.165) is 15.6 Å². The molecule has 16 heavy (non-hydrogen) atoms. The molecule has 0 unspecified atom stereocenters. The lowest BCUT2D eigenvalue weighted by Gasteiger charge is -2.19. The Hall–Kier alpha value is -0.0500. The van der Waals surface area contributed by atoms with E-state index in [1.54, 1.807) is 11.4 Å². The van der Waals surface area contributed by atoms with Crippen molar-refractivity contribution in [2.75, 3.05) is 18.4 Å². The van der Waals surface area contributed by atoms with Crippen LogP contribution in [-0.2, 0) is 10.0 Å². The third-order valence-electron chi connectivity index (χ3n) is 1.76. The van der Waals surface area contributed by atoms with Crippen LogP contribution in [0.3, 0.4) is 0 Å². The minimum atomic E-state index is -3.77. The first-order valence-corrected chi connectivity index (χ1v) is 7.80. The minimum absolute atomic E-state index is 0.0323. The van der Waals surface area contributed by atoms with Gasteiger partial charge in [0, 0.05) is 11.9 Å². The first kappa shape index (κ1) is 14.0. The van der Waals surface area contributed by atoms with Crippen LogP contribution < -0.4 is 0 Å². The van der Waals surface area contributed by atoms with Gasteiger partial charge in [0.25, 0.3) is 16.4 Å². The van der Waals surface area contributed by atoms with Crippen LogP contribution in [0.5, 0.6) is 0 Å². The van der Waals surface area contributed by atoms with Gasteiger partial charge in [-0.1, -0.05) is 22.0 Å². The Morgan fingerprint density at radius 1 is 1.50 bits per heavy atom. The Kier molecular flexibility index (Phi) is 5.29. The van der Waals surface area contributed by atoms with E-state index >= 15 is 0 Å². The summed E-state index contributed by atoms with van der Waals surface area (Å²) in [7, 11) is -3.77. The zero-order valence-electron chi connectivity index (χ0n) is 8.14. The van der Waals surface area contributed by atoms with Crippen LogP contribution >= 0.6 is 27.3 Å². The smallest absolute Gasteiger partial charge is 0.209 e. The van der Waals surface area contributed by atoms with Crippen LogP contribution in [-0.4, -0.2) is 37.6 Å². The predicted octanol–water partition coefficient (Wildman–Crippen LogP) is 2.40. The van der Waals surface area contributed by atoms with Gasteiger partial charge in [0.05, 0.1) is 6.54 Å². The fraction of sp³-hybridized carbons (Fsp3) is 0.500. The predicted molar refractivity (Wildman–Crippen MR) is 62.9 cm³/mol. The number of hydrogen-bond acceptors (Lipinski definition) is 3. The lowest BCUT2D eigenvalue weighted by Crippen LogP contribution is -2.36. The number of thiophene rings is 1. The second kappa shape index (κ2) is 6.04. The van der Waals surface area contributed by atoms with Gasteiger partial charge < -0.3 is 0 Å². The summed E-state index contributed by atoms with van der Waals surface area (Å²) in [6.07, 6.45) is -2.67. The van der Waals surface area contributed by atoms with Crippen molar-refractivity contribution in [3.05, 3.63) is 17.5 Å². The van der Waals surface area contributed by atoms with Crippen molar-refractivity contribution in [1.29, 1.82) is 0 Å². The van der Waals surface area contributed by atoms with Crippen molar-refractivity contribution >= 4 is 37.3 Å². The maximum Gasteiger partial charge on any atom is 0.252 e. The van der Waals surface area contributed by atoms with E-state index in [2.05, 4.69) is 15.9 Å². The molecule has 0 radical (unpaired) electrons. The van der Waals surface area contributed by atoms with E-state index < -0.39 is 23.0 Å². The lowest BCUT2D eigenvalue weighted by atomic mass is 10.6. The van der Waals surface area contributed by atoms with Gasteiger partial charge in [-0.05, 0) is 11.4 Å². The molecule has 0 saturated heterocycles. The SMILES string of the molecule is O=S(=O)(c1cccs1)N(CCBr)CC(F)F. The summed E-state index contributed by atoms with van der Waals surface area (Å²) < 4.78 is 49.2. The van der Waals surface area contributed by atoms with Crippen LogP contribution in [0.1, 0.15) is 0 Å². The molecule has 3 nitrogen and oxygen atoms in total. The average molecular weight is 334 g/mol. The van der Waals surface area contributed by atoms with E-state index in [9.17, 15) is 17.2 Å². The van der Waals surface area contributed by atoms with Gasteiger partial charge in [0.15, 0.2) is 0 Å². The van der Waals surface area contributed by atoms with Crippen LogP contribution in [0.2, 0.25) is 0 Å². The normalized spacial score (nSPS) is 12.6. The number of alkyl halides is 3. The average Bonchev–Trinajstić information content (AvgIpc) is 2.69. The summed E-state index contributed by atoms with van der Waals surface area (Å²) >= 11 is 4.07. The molecule has 1 aromatic heterocycles. The molecule has 1 rings (SSSR count). The van der Waals surface area contributed by atoms with E-state index in [1.807, 2.05) is 0 Å². The van der Waals surface area contributed by atoms with Crippen molar-refractivity contribution in [2.45, 2.75) is 10.6 Å². The highest BCUT2D eigenvalue weighted by Crippen LogP contribution is 2.21. The molecule has 0 spiro atoms. The number of sulfonamides is 1. The fourth-order valence-corrected chi connectivity index (χ4v) is 4.32. The zero-order chi connectivity index (χ0) is 12.2. The van der Waals surface area contributed by atoms with Crippen LogP contribution in [0.4, 0.5) is 8.78 Å². The molecular formula is C8H10BrF2NO2S2. The van der Waals surface area contributed by atoms with Crippen molar-refractivity contribution < 1.29 is 17.2 Å². The van der Waals surface area contributed by atoms with Crippen molar-refractivity contribution in [3.8, 4) is 0 Å². The second-order valence-electron chi connectivity index (χ2n) is 2.88. The number of halogens is 3. The Morgan fingerprint density at radius 3 is 2.62 bits per heavy atom. The molecule has 1 heterocycles. The molecule has 92 valence electrons. The Morgan fingerprint density at radius 2 is 2.19 bits per heavy atom. The molecule has 0 bridgehead atoms. The molecule has 0 fully saturated rings. The van der Waals surface area contributed by atoms with Gasteiger partial charge in [-0.3, -0.25) is 0 Å². The molecule has 0 N–H and O–H groups in total. The van der Waals surface area contributed by atoms with Gasteiger partial charge in [0.2, 0.25) is 0 Å². The summed E-state index contributed by atoms with van der Waals surface area (Å²) in [4.78, 5) is 0. The van der Waals surface area contributed by atoms with Crippen LogP contribution in [0.25, 0.3) is 0 Å². The third kappa shape index (κ3) is 3.47. The maximum atomic E-state index is 12.3. The summed E-state index contributed by atoms with van der Waals surface area (Å²) in [5.74, 6) is 0. The van der Waals surface area contributed by atoms with Gasteiger partial charge in [-0.25, -0.2) is 17.2 Å². The van der Waals surface area contributed by atoms with E-state index in [4.69, 9.17) is 0 Å². The van der Waals surface area contributed by atoms with Crippen LogP contribution in [0.15, 0.2) is 21.7 Å². The molecule has 0 amide bonds. The van der Waals surface area contributed by atoms with Crippen molar-refractivity contribution in [2.24, 2.45) is 0 Å². The van der Waals surface area contributed by atoms with E-state index in [1.165, 1.54) is 6.07 Å². The minimum Gasteiger partial charge on any atom is -0.209 e. The molecule has 0 aliphatic rings. The maximum absolute atomic E-state index is 12.3. The molecular weight excluding hydrogens is 324 g/mol. The molecule has 0 aromatic carbocycles. The summed E-state index contributed by atoms with van der Waals surface area (Å²) in [5.41, 5.74) is 0. The largest absolute Gasteiger partial charge is 0.252 e. The number of nitrogens with zero attached hydrogens (tertiary/aromatic N) is 1. The van der Waals surface area contributed by atoms with Crippen molar-refractivity contribution in [3.63, 3.8) is 0 Å². The highest BCUT2D eigenvalue weighted by molar-refractivity contribution is 9.09. The van der Waals surface area contributed by atoms with Gasteiger partial charge in [-0.2, -0.15) is 4.31 Å². The molecule has 0 saturated carbocycles. The lowest BCUT2D eigenvalue weighted by molar-refractivity contribution is 0.121. The first-order valence-electron chi connectivity index (χ1n) is 4.36. The molecule has 0 atom stereocenters. The summed E-state index contributed by atoms with van der Waals surface area (Å²) in [5, 5.41) is 1.92. The number of hydrogen-bond donors (Lipinski definition) is 0. The molecule has 1 aromatic rings. The Bertz CT molecular complexity index is 408. The molecule has 0 aliphatic carbocycles. The highest BCUT2D eigenvalue weighted by Gasteiger charge is 2.27. The summed E-state index contributed by atoms with van der Waals surface area (Å²) in [6.45, 7) is -0.740. The topological polar surface area (TPSA) is 37.4 Å². The van der Waals surface area contributed by atoms with Gasteiger partial charge in [0.1, 0.15) is 4.21 Å². The van der Waals surface area contributed by atoms with E-state index in [0.29, 0.717) is 5.33 Å². The van der Waals surface area contributed by atoms with Crippen molar-refractivity contribution in [1.82, 2.24) is 4.31 Å². The molecule has 0 aliphatic heterocycles. The quantitative estimate of drug-likeness (QED) is 0.749. The Balaban J connectivity index is 2.93. The van der Waals surface area contributed by atoms with Gasteiger partial charge >= 0.3 is 0 Å². The first-order chi connectivity index (χ1) is 7.48. The highest BCUT2D eigenvalue weighted by atomic mass is 79.9. The zero-order valence-corrected chi connectivity index (χ0v) is 11.4. The van der Waals surface area contributed by atoms with Gasteiger partial charge in [-0.15, -0.1) is 11.3 Å². The van der Waals surface area contributed by atoms with E-state index in [-0.39, 0.29) is 10.8 Å². The third-order valence-corrected chi connectivity index (χ3v) is 5.36. The number of rotatable bonds is 6. The van der Waals surface area contributed by atoms with Crippen LogP contribution in [0, 0.1) is 0 Å². The fourth-order valence-electron chi connectivity index (χ4n) is 1.10.